The van der Waals surface area contributed by atoms with Crippen LogP contribution in [-0.4, -0.2) is 23.5 Å². The predicted octanol–water partition coefficient (Wildman–Crippen LogP) is 4.15. The molecule has 0 aliphatic heterocycles. The van der Waals surface area contributed by atoms with Gasteiger partial charge in [-0.1, -0.05) is 19.9 Å². The minimum atomic E-state index is -0.426. The number of hydrogen-bond donors (Lipinski definition) is 2. The van der Waals surface area contributed by atoms with Gasteiger partial charge in [-0.25, -0.2) is 14.6 Å². The maximum Gasteiger partial charge on any atom is 0.355 e. The first-order chi connectivity index (χ1) is 12.0. The quantitative estimate of drug-likeness (QED) is 0.573. The summed E-state index contributed by atoms with van der Waals surface area (Å²) in [4.78, 5) is 29.0. The smallest absolute Gasteiger partial charge is 0.355 e. The summed E-state index contributed by atoms with van der Waals surface area (Å²) in [6.45, 7) is 6.46. The Labute approximate surface area is 151 Å². The average Bonchev–Trinajstić information content (AvgIpc) is 2.94. The van der Waals surface area contributed by atoms with Crippen molar-refractivity contribution in [1.29, 1.82) is 0 Å². The van der Waals surface area contributed by atoms with Crippen molar-refractivity contribution in [1.82, 2.24) is 10.3 Å². The summed E-state index contributed by atoms with van der Waals surface area (Å²) in [7, 11) is 0. The minimum Gasteiger partial charge on any atom is -0.422 e. The van der Waals surface area contributed by atoms with Gasteiger partial charge in [0.2, 0.25) is 0 Å². The third-order valence-electron chi connectivity index (χ3n) is 3.33. The fraction of sp³-hybridized carbons (Fsp3) is 0.389. The van der Waals surface area contributed by atoms with E-state index >= 15 is 0 Å². The number of carbonyl (C=O) groups excluding carboxylic acids is 2. The molecule has 0 atom stereocenters. The molecule has 1 heterocycles. The standard InChI is InChI=1S/C18H23N3O3S/c1-4-7-15-20-12(3)16(25-15)17(22)24-14-9-6-8-13(11-14)21-18(23)19-10-5-2/h6,8-9,11H,4-5,7,10H2,1-3H3,(H2,19,21,23). The van der Waals surface area contributed by atoms with E-state index in [4.69, 9.17) is 4.74 Å². The number of urea groups is 1. The van der Waals surface area contributed by atoms with Gasteiger partial charge >= 0.3 is 12.0 Å². The van der Waals surface area contributed by atoms with Crippen molar-refractivity contribution in [2.75, 3.05) is 11.9 Å². The van der Waals surface area contributed by atoms with E-state index < -0.39 is 5.97 Å². The van der Waals surface area contributed by atoms with Crippen LogP contribution in [0.25, 0.3) is 0 Å². The summed E-state index contributed by atoms with van der Waals surface area (Å²) in [6, 6.07) is 6.47. The highest BCUT2D eigenvalue weighted by Crippen LogP contribution is 2.23. The zero-order valence-electron chi connectivity index (χ0n) is 14.7. The summed E-state index contributed by atoms with van der Waals surface area (Å²) < 4.78 is 5.44. The third-order valence-corrected chi connectivity index (χ3v) is 4.53. The SMILES string of the molecule is CCCNC(=O)Nc1cccc(OC(=O)c2sc(CCC)nc2C)c1. The lowest BCUT2D eigenvalue weighted by Gasteiger charge is -2.08. The number of aryl methyl sites for hydroxylation is 2. The van der Waals surface area contributed by atoms with Gasteiger partial charge in [-0.15, -0.1) is 11.3 Å². The summed E-state index contributed by atoms with van der Waals surface area (Å²) in [5.74, 6) is -0.0481. The van der Waals surface area contributed by atoms with E-state index in [-0.39, 0.29) is 6.03 Å². The largest absolute Gasteiger partial charge is 0.422 e. The molecule has 2 aromatic rings. The van der Waals surface area contributed by atoms with Crippen LogP contribution in [0.5, 0.6) is 5.75 Å². The van der Waals surface area contributed by atoms with Crippen molar-refractivity contribution in [3.8, 4) is 5.75 Å². The lowest BCUT2D eigenvalue weighted by Crippen LogP contribution is -2.29. The van der Waals surface area contributed by atoms with E-state index in [1.807, 2.05) is 13.8 Å². The maximum absolute atomic E-state index is 12.4. The van der Waals surface area contributed by atoms with Crippen LogP contribution in [0.4, 0.5) is 10.5 Å². The van der Waals surface area contributed by atoms with Crippen LogP contribution in [0, 0.1) is 6.92 Å². The van der Waals surface area contributed by atoms with Gasteiger partial charge in [-0.05, 0) is 38.3 Å². The molecule has 2 rings (SSSR count). The van der Waals surface area contributed by atoms with E-state index in [2.05, 4.69) is 22.5 Å². The van der Waals surface area contributed by atoms with Crippen LogP contribution >= 0.6 is 11.3 Å². The molecular formula is C18H23N3O3S. The Morgan fingerprint density at radius 2 is 2.04 bits per heavy atom. The molecule has 134 valence electrons. The highest BCUT2D eigenvalue weighted by atomic mass is 32.1. The number of carbonyl (C=O) groups is 2. The molecule has 0 aliphatic carbocycles. The number of amides is 2. The summed E-state index contributed by atoms with van der Waals surface area (Å²) in [5, 5.41) is 6.38. The van der Waals surface area contributed by atoms with E-state index in [0.717, 1.165) is 24.3 Å². The van der Waals surface area contributed by atoms with Gasteiger partial charge in [0.15, 0.2) is 0 Å². The van der Waals surface area contributed by atoms with Gasteiger partial charge < -0.3 is 15.4 Å². The molecule has 0 spiro atoms. The molecule has 0 unspecified atom stereocenters. The summed E-state index contributed by atoms with van der Waals surface area (Å²) in [6.07, 6.45) is 2.69. The molecule has 0 fully saturated rings. The zero-order valence-corrected chi connectivity index (χ0v) is 15.5. The van der Waals surface area contributed by atoms with E-state index in [9.17, 15) is 9.59 Å². The highest BCUT2D eigenvalue weighted by molar-refractivity contribution is 7.13. The molecular weight excluding hydrogens is 338 g/mol. The van der Waals surface area contributed by atoms with E-state index in [0.29, 0.717) is 28.6 Å². The monoisotopic (exact) mass is 361 g/mol. The van der Waals surface area contributed by atoms with E-state index in [1.54, 1.807) is 24.3 Å². The summed E-state index contributed by atoms with van der Waals surface area (Å²) in [5.41, 5.74) is 1.25. The Morgan fingerprint density at radius 3 is 2.76 bits per heavy atom. The number of rotatable bonds is 7. The van der Waals surface area contributed by atoms with Crippen LogP contribution in [0.1, 0.15) is 47.1 Å². The molecule has 0 radical (unpaired) electrons. The van der Waals surface area contributed by atoms with Crippen LogP contribution in [-0.2, 0) is 6.42 Å². The number of nitrogens with zero attached hydrogens (tertiary/aromatic N) is 1. The van der Waals surface area contributed by atoms with Gasteiger partial charge in [0, 0.05) is 18.3 Å². The molecule has 1 aromatic heterocycles. The van der Waals surface area contributed by atoms with Crippen molar-refractivity contribution in [3.05, 3.63) is 39.8 Å². The van der Waals surface area contributed by atoms with Crippen molar-refractivity contribution in [3.63, 3.8) is 0 Å². The first-order valence-corrected chi connectivity index (χ1v) is 9.18. The fourth-order valence-electron chi connectivity index (χ4n) is 2.17. The van der Waals surface area contributed by atoms with E-state index in [1.165, 1.54) is 11.3 Å². The van der Waals surface area contributed by atoms with Gasteiger partial charge in [0.05, 0.1) is 10.7 Å². The third kappa shape index (κ3) is 5.56. The molecule has 7 heteroatoms. The summed E-state index contributed by atoms with van der Waals surface area (Å²) >= 11 is 1.37. The number of aromatic nitrogens is 1. The molecule has 1 aromatic carbocycles. The topological polar surface area (TPSA) is 80.3 Å². The predicted molar refractivity (Wildman–Crippen MR) is 99.6 cm³/mol. The number of anilines is 1. The zero-order chi connectivity index (χ0) is 18.2. The molecule has 6 nitrogen and oxygen atoms in total. The van der Waals surface area contributed by atoms with Gasteiger partial charge in [-0.2, -0.15) is 0 Å². The van der Waals surface area contributed by atoms with Crippen LogP contribution in [0.15, 0.2) is 24.3 Å². The maximum atomic E-state index is 12.4. The highest BCUT2D eigenvalue weighted by Gasteiger charge is 2.17. The molecule has 25 heavy (non-hydrogen) atoms. The lowest BCUT2D eigenvalue weighted by atomic mass is 10.3. The number of esters is 1. The first-order valence-electron chi connectivity index (χ1n) is 8.36. The molecule has 2 N–H and O–H groups in total. The van der Waals surface area contributed by atoms with Crippen LogP contribution in [0.3, 0.4) is 0 Å². The van der Waals surface area contributed by atoms with Crippen molar-refractivity contribution in [2.45, 2.75) is 40.0 Å². The Hall–Kier alpha value is -2.41. The van der Waals surface area contributed by atoms with Crippen molar-refractivity contribution >= 4 is 29.0 Å². The second-order valence-electron chi connectivity index (χ2n) is 5.57. The number of thiazole rings is 1. The lowest BCUT2D eigenvalue weighted by molar-refractivity contribution is 0.0739. The van der Waals surface area contributed by atoms with Gasteiger partial charge in [0.25, 0.3) is 0 Å². The Kier molecular flexibility index (Phi) is 6.94. The average molecular weight is 361 g/mol. The normalized spacial score (nSPS) is 10.4. The first kappa shape index (κ1) is 18.9. The Balaban J connectivity index is 2.03. The second-order valence-corrected chi connectivity index (χ2v) is 6.65. The second kappa shape index (κ2) is 9.17. The van der Waals surface area contributed by atoms with Crippen LogP contribution in [0.2, 0.25) is 0 Å². The minimum absolute atomic E-state index is 0.284. The Bertz CT molecular complexity index is 743. The number of nitrogens with one attached hydrogen (secondary N) is 2. The van der Waals surface area contributed by atoms with Crippen molar-refractivity contribution < 1.29 is 14.3 Å². The number of hydrogen-bond acceptors (Lipinski definition) is 5. The van der Waals surface area contributed by atoms with Gasteiger partial charge in [-0.3, -0.25) is 0 Å². The number of ether oxygens (including phenoxy) is 1. The fourth-order valence-corrected chi connectivity index (χ4v) is 3.21. The molecule has 0 aliphatic rings. The van der Waals surface area contributed by atoms with Crippen LogP contribution < -0.4 is 15.4 Å². The molecule has 0 saturated heterocycles. The molecule has 0 bridgehead atoms. The molecule has 0 saturated carbocycles. The van der Waals surface area contributed by atoms with Gasteiger partial charge in [0.1, 0.15) is 10.6 Å². The van der Waals surface area contributed by atoms with Crippen molar-refractivity contribution in [2.24, 2.45) is 0 Å². The number of benzene rings is 1. The molecule has 2 amide bonds. The Morgan fingerprint density at radius 1 is 1.24 bits per heavy atom.